The summed E-state index contributed by atoms with van der Waals surface area (Å²) in [6.45, 7) is 3.71. The van der Waals surface area contributed by atoms with Gasteiger partial charge in [0.2, 0.25) is 0 Å². The van der Waals surface area contributed by atoms with Gasteiger partial charge in [-0.05, 0) is 26.0 Å². The molecule has 2 rings (SSSR count). The van der Waals surface area contributed by atoms with E-state index in [1.807, 2.05) is 13.8 Å². The van der Waals surface area contributed by atoms with E-state index < -0.39 is 0 Å². The molecule has 0 bridgehead atoms. The Morgan fingerprint density at radius 3 is 2.56 bits per heavy atom. The highest BCUT2D eigenvalue weighted by molar-refractivity contribution is 6.30. The monoisotopic (exact) mass is 236 g/mol. The molecule has 0 aliphatic heterocycles. The van der Waals surface area contributed by atoms with Crippen LogP contribution in [0, 0.1) is 19.7 Å². The highest BCUT2D eigenvalue weighted by atomic mass is 35.5. The van der Waals surface area contributed by atoms with Crippen molar-refractivity contribution in [3.63, 3.8) is 0 Å². The van der Waals surface area contributed by atoms with Crippen LogP contribution in [-0.2, 0) is 0 Å². The van der Waals surface area contributed by atoms with Gasteiger partial charge in [-0.3, -0.25) is 0 Å². The van der Waals surface area contributed by atoms with Crippen molar-refractivity contribution in [3.05, 3.63) is 46.5 Å². The van der Waals surface area contributed by atoms with E-state index in [4.69, 9.17) is 11.6 Å². The van der Waals surface area contributed by atoms with Crippen LogP contribution in [0.3, 0.4) is 0 Å². The molecule has 1 aromatic carbocycles. The van der Waals surface area contributed by atoms with Gasteiger partial charge < -0.3 is 0 Å². The lowest BCUT2D eigenvalue weighted by molar-refractivity contribution is 0.628. The molecule has 82 valence electrons. The largest absolute Gasteiger partial charge is 0.233 e. The summed E-state index contributed by atoms with van der Waals surface area (Å²) < 4.78 is 13.0. The zero-order valence-electron chi connectivity index (χ0n) is 8.96. The first kappa shape index (κ1) is 11.0. The lowest BCUT2D eigenvalue weighted by atomic mass is 10.2. The van der Waals surface area contributed by atoms with Crippen LogP contribution < -0.4 is 0 Å². The van der Waals surface area contributed by atoms with Crippen molar-refractivity contribution in [2.24, 2.45) is 0 Å². The Hall–Kier alpha value is -1.48. The topological polar surface area (TPSA) is 25.8 Å². The minimum Gasteiger partial charge on any atom is -0.233 e. The predicted molar refractivity (Wildman–Crippen MR) is 61.9 cm³/mol. The van der Waals surface area contributed by atoms with E-state index in [2.05, 4.69) is 9.97 Å². The Morgan fingerprint density at radius 2 is 1.94 bits per heavy atom. The fourth-order valence-corrected chi connectivity index (χ4v) is 1.57. The van der Waals surface area contributed by atoms with Crippen molar-refractivity contribution in [2.75, 3.05) is 0 Å². The van der Waals surface area contributed by atoms with Crippen LogP contribution >= 0.6 is 11.6 Å². The summed E-state index contributed by atoms with van der Waals surface area (Å²) in [5, 5.41) is 0.409. The second-order valence-electron chi connectivity index (χ2n) is 3.56. The van der Waals surface area contributed by atoms with E-state index in [0.717, 1.165) is 11.3 Å². The molecule has 0 spiro atoms. The maximum Gasteiger partial charge on any atom is 0.161 e. The average molecular weight is 237 g/mol. The fourth-order valence-electron chi connectivity index (χ4n) is 1.35. The van der Waals surface area contributed by atoms with Crippen molar-refractivity contribution < 1.29 is 4.39 Å². The van der Waals surface area contributed by atoms with Gasteiger partial charge in [0.25, 0.3) is 0 Å². The number of halogens is 2. The van der Waals surface area contributed by atoms with Crippen molar-refractivity contribution in [1.82, 2.24) is 9.97 Å². The summed E-state index contributed by atoms with van der Waals surface area (Å²) in [5.74, 6) is 0.142. The Morgan fingerprint density at radius 1 is 1.19 bits per heavy atom. The number of hydrogen-bond donors (Lipinski definition) is 0. The SMILES string of the molecule is Cc1nc(-c2cccc(F)c2)nc(Cl)c1C. The first-order chi connectivity index (χ1) is 7.58. The normalized spacial score (nSPS) is 10.5. The van der Waals surface area contributed by atoms with Gasteiger partial charge in [0.05, 0.1) is 0 Å². The molecule has 16 heavy (non-hydrogen) atoms. The van der Waals surface area contributed by atoms with Crippen LogP contribution in [0.4, 0.5) is 4.39 Å². The summed E-state index contributed by atoms with van der Waals surface area (Å²) in [7, 11) is 0. The summed E-state index contributed by atoms with van der Waals surface area (Å²) in [6.07, 6.45) is 0. The Labute approximate surface area is 98.1 Å². The van der Waals surface area contributed by atoms with Crippen LogP contribution in [0.1, 0.15) is 11.3 Å². The molecule has 0 radical (unpaired) electrons. The highest BCUT2D eigenvalue weighted by Gasteiger charge is 2.08. The van der Waals surface area contributed by atoms with Gasteiger partial charge in [0, 0.05) is 16.8 Å². The Bertz CT molecular complexity index is 517. The molecule has 0 unspecified atom stereocenters. The first-order valence-corrected chi connectivity index (χ1v) is 5.22. The van der Waals surface area contributed by atoms with Crippen LogP contribution in [0.25, 0.3) is 11.4 Å². The van der Waals surface area contributed by atoms with Gasteiger partial charge >= 0.3 is 0 Å². The van der Waals surface area contributed by atoms with Gasteiger partial charge in [-0.25, -0.2) is 14.4 Å². The summed E-state index contributed by atoms with van der Waals surface area (Å²) in [4.78, 5) is 8.42. The number of aryl methyl sites for hydroxylation is 1. The maximum absolute atomic E-state index is 13.0. The molecule has 0 amide bonds. The van der Waals surface area contributed by atoms with Crippen molar-refractivity contribution in [3.8, 4) is 11.4 Å². The zero-order chi connectivity index (χ0) is 11.7. The Balaban J connectivity index is 2.57. The van der Waals surface area contributed by atoms with Gasteiger partial charge in [-0.2, -0.15) is 0 Å². The zero-order valence-corrected chi connectivity index (χ0v) is 9.72. The molecule has 0 N–H and O–H groups in total. The van der Waals surface area contributed by atoms with E-state index in [1.165, 1.54) is 12.1 Å². The van der Waals surface area contributed by atoms with E-state index in [1.54, 1.807) is 12.1 Å². The highest BCUT2D eigenvalue weighted by Crippen LogP contribution is 2.21. The lowest BCUT2D eigenvalue weighted by Gasteiger charge is -2.05. The third-order valence-corrected chi connectivity index (χ3v) is 2.78. The quantitative estimate of drug-likeness (QED) is 0.708. The van der Waals surface area contributed by atoms with Gasteiger partial charge in [0.15, 0.2) is 5.82 Å². The first-order valence-electron chi connectivity index (χ1n) is 4.84. The van der Waals surface area contributed by atoms with Gasteiger partial charge in [-0.15, -0.1) is 0 Å². The van der Waals surface area contributed by atoms with E-state index >= 15 is 0 Å². The molecule has 0 aliphatic rings. The molecule has 0 atom stereocenters. The number of benzene rings is 1. The van der Waals surface area contributed by atoms with Gasteiger partial charge in [0.1, 0.15) is 11.0 Å². The molecule has 0 aliphatic carbocycles. The molecule has 0 saturated heterocycles. The smallest absolute Gasteiger partial charge is 0.161 e. The molecule has 2 aromatic rings. The van der Waals surface area contributed by atoms with Crippen molar-refractivity contribution in [1.29, 1.82) is 0 Å². The van der Waals surface area contributed by atoms with E-state index in [0.29, 0.717) is 16.5 Å². The minimum absolute atomic E-state index is 0.310. The van der Waals surface area contributed by atoms with E-state index in [9.17, 15) is 4.39 Å². The van der Waals surface area contributed by atoms with Crippen LogP contribution in [0.15, 0.2) is 24.3 Å². The maximum atomic E-state index is 13.0. The number of hydrogen-bond acceptors (Lipinski definition) is 2. The fraction of sp³-hybridized carbons (Fsp3) is 0.167. The molecule has 0 saturated carbocycles. The van der Waals surface area contributed by atoms with Crippen molar-refractivity contribution >= 4 is 11.6 Å². The van der Waals surface area contributed by atoms with Crippen molar-refractivity contribution in [2.45, 2.75) is 13.8 Å². The lowest BCUT2D eigenvalue weighted by Crippen LogP contribution is -1.96. The minimum atomic E-state index is -0.310. The molecule has 1 heterocycles. The molecule has 4 heteroatoms. The summed E-state index contributed by atoms with van der Waals surface area (Å²) in [5.41, 5.74) is 2.28. The third-order valence-electron chi connectivity index (χ3n) is 2.41. The number of rotatable bonds is 1. The number of aromatic nitrogens is 2. The number of nitrogens with zero attached hydrogens (tertiary/aromatic N) is 2. The predicted octanol–water partition coefficient (Wildman–Crippen LogP) is 3.55. The van der Waals surface area contributed by atoms with Crippen LogP contribution in [-0.4, -0.2) is 9.97 Å². The van der Waals surface area contributed by atoms with E-state index in [-0.39, 0.29) is 5.82 Å². The second-order valence-corrected chi connectivity index (χ2v) is 3.92. The summed E-state index contributed by atoms with van der Waals surface area (Å²) in [6, 6.07) is 6.15. The van der Waals surface area contributed by atoms with Gasteiger partial charge in [-0.1, -0.05) is 23.7 Å². The molecular formula is C12H10ClFN2. The molecular weight excluding hydrogens is 227 g/mol. The Kier molecular flexibility index (Phi) is 2.88. The average Bonchev–Trinajstić information content (AvgIpc) is 2.25. The summed E-state index contributed by atoms with van der Waals surface area (Å²) >= 11 is 5.96. The molecule has 0 fully saturated rings. The molecule has 2 nitrogen and oxygen atoms in total. The van der Waals surface area contributed by atoms with Crippen LogP contribution in [0.2, 0.25) is 5.15 Å². The van der Waals surface area contributed by atoms with Crippen LogP contribution in [0.5, 0.6) is 0 Å². The molecule has 1 aromatic heterocycles. The second kappa shape index (κ2) is 4.18. The third kappa shape index (κ3) is 2.04. The standard InChI is InChI=1S/C12H10ClFN2/c1-7-8(2)15-12(16-11(7)13)9-4-3-5-10(14)6-9/h3-6H,1-2H3.